The highest BCUT2D eigenvalue weighted by atomic mass is 79.9. The molecule has 0 saturated carbocycles. The van der Waals surface area contributed by atoms with Gasteiger partial charge in [-0.25, -0.2) is 0 Å². The number of rotatable bonds is 5. The van der Waals surface area contributed by atoms with Gasteiger partial charge in [-0.15, -0.1) is 0 Å². The monoisotopic (exact) mass is 443 g/mol. The Kier molecular flexibility index (Phi) is 6.23. The van der Waals surface area contributed by atoms with Gasteiger partial charge >= 0.3 is 0 Å². The molecule has 4 nitrogen and oxygen atoms in total. The predicted octanol–water partition coefficient (Wildman–Crippen LogP) is 5.57. The van der Waals surface area contributed by atoms with Gasteiger partial charge in [0.15, 0.2) is 0 Å². The third-order valence-corrected chi connectivity index (χ3v) is 4.82. The summed E-state index contributed by atoms with van der Waals surface area (Å²) in [7, 11) is 0. The van der Waals surface area contributed by atoms with Crippen LogP contribution < -0.4 is 10.1 Å². The van der Waals surface area contributed by atoms with Crippen LogP contribution in [0.25, 0.3) is 0 Å². The maximum atomic E-state index is 12.4. The fourth-order valence-corrected chi connectivity index (χ4v) is 3.57. The van der Waals surface area contributed by atoms with Gasteiger partial charge in [0.2, 0.25) is 0 Å². The highest BCUT2D eigenvalue weighted by Crippen LogP contribution is 2.28. The maximum Gasteiger partial charge on any atom is 0.255 e. The van der Waals surface area contributed by atoms with Gasteiger partial charge < -0.3 is 14.8 Å². The van der Waals surface area contributed by atoms with Crippen LogP contribution in [0, 0.1) is 0 Å². The van der Waals surface area contributed by atoms with Gasteiger partial charge in [0.1, 0.15) is 12.4 Å². The number of carbonyl (C=O) groups is 1. The van der Waals surface area contributed by atoms with Crippen molar-refractivity contribution in [2.24, 2.45) is 0 Å². The van der Waals surface area contributed by atoms with Crippen molar-refractivity contribution < 1.29 is 14.3 Å². The number of ether oxygens (including phenoxy) is 2. The first-order valence-corrected chi connectivity index (χ1v) is 9.37. The summed E-state index contributed by atoms with van der Waals surface area (Å²) in [6.45, 7) is 1.30. The van der Waals surface area contributed by atoms with E-state index in [-0.39, 0.29) is 12.0 Å². The molecule has 0 bridgehead atoms. The second kappa shape index (κ2) is 8.41. The molecule has 2 aromatic carbocycles. The van der Waals surface area contributed by atoms with Gasteiger partial charge in [0, 0.05) is 27.9 Å². The summed E-state index contributed by atoms with van der Waals surface area (Å²) in [5.41, 5.74) is 1.03. The molecule has 1 aliphatic heterocycles. The van der Waals surface area contributed by atoms with E-state index in [1.807, 2.05) is 0 Å². The summed E-state index contributed by atoms with van der Waals surface area (Å²) < 4.78 is 12.0. The molecule has 0 spiro atoms. The minimum atomic E-state index is -0.260. The van der Waals surface area contributed by atoms with Crippen molar-refractivity contribution in [1.29, 1.82) is 0 Å². The number of hydrogen-bond acceptors (Lipinski definition) is 3. The largest absolute Gasteiger partial charge is 0.490 e. The second-order valence-electron chi connectivity index (χ2n) is 5.70. The molecule has 25 heavy (non-hydrogen) atoms. The van der Waals surface area contributed by atoms with Crippen molar-refractivity contribution in [2.75, 3.05) is 18.5 Å². The topological polar surface area (TPSA) is 47.6 Å². The smallest absolute Gasteiger partial charge is 0.255 e. The van der Waals surface area contributed by atoms with Crippen molar-refractivity contribution >= 4 is 50.7 Å². The quantitative estimate of drug-likeness (QED) is 0.655. The first-order chi connectivity index (χ1) is 12.0. The van der Waals surface area contributed by atoms with Gasteiger partial charge in [-0.05, 0) is 65.2 Å². The molecule has 1 amide bonds. The van der Waals surface area contributed by atoms with Crippen LogP contribution in [-0.4, -0.2) is 25.2 Å². The van der Waals surface area contributed by atoms with E-state index in [0.717, 1.165) is 19.4 Å². The first kappa shape index (κ1) is 18.5. The van der Waals surface area contributed by atoms with Crippen molar-refractivity contribution in [2.45, 2.75) is 18.9 Å². The molecule has 0 aliphatic carbocycles. The molecular formula is C18H16BrCl2NO3. The molecule has 1 unspecified atom stereocenters. The molecule has 3 rings (SSSR count). The van der Waals surface area contributed by atoms with Crippen molar-refractivity contribution in [3.63, 3.8) is 0 Å². The number of halogens is 3. The third-order valence-electron chi connectivity index (χ3n) is 3.76. The molecule has 7 heteroatoms. The zero-order chi connectivity index (χ0) is 17.8. The van der Waals surface area contributed by atoms with E-state index in [1.165, 1.54) is 0 Å². The van der Waals surface area contributed by atoms with Gasteiger partial charge in [0.25, 0.3) is 5.91 Å². The van der Waals surface area contributed by atoms with Crippen LogP contribution in [0.15, 0.2) is 40.9 Å². The average Bonchev–Trinajstić information content (AvgIpc) is 3.06. The van der Waals surface area contributed by atoms with Crippen molar-refractivity contribution in [3.8, 4) is 5.75 Å². The Bertz CT molecular complexity index is 759. The fraction of sp³-hybridized carbons (Fsp3) is 0.278. The Labute approximate surface area is 164 Å². The van der Waals surface area contributed by atoms with Crippen LogP contribution in [0.1, 0.15) is 23.2 Å². The van der Waals surface area contributed by atoms with E-state index in [9.17, 15) is 4.79 Å². The molecule has 2 aromatic rings. The second-order valence-corrected chi connectivity index (χ2v) is 7.43. The molecule has 132 valence electrons. The Hall–Kier alpha value is -1.27. The summed E-state index contributed by atoms with van der Waals surface area (Å²) in [5, 5.41) is 3.69. The minimum Gasteiger partial charge on any atom is -0.490 e. The molecule has 0 aromatic heterocycles. The van der Waals surface area contributed by atoms with Gasteiger partial charge in [-0.3, -0.25) is 4.79 Å². The maximum absolute atomic E-state index is 12.4. The minimum absolute atomic E-state index is 0.141. The highest BCUT2D eigenvalue weighted by Gasteiger charge is 2.17. The Morgan fingerprint density at radius 2 is 2.00 bits per heavy atom. The normalized spacial score (nSPS) is 16.7. The zero-order valence-corrected chi connectivity index (χ0v) is 16.3. The molecule has 1 N–H and O–H groups in total. The van der Waals surface area contributed by atoms with Crippen LogP contribution >= 0.6 is 39.1 Å². The number of carbonyl (C=O) groups excluding carboxylic acids is 1. The van der Waals surface area contributed by atoms with Gasteiger partial charge in [-0.1, -0.05) is 23.2 Å². The number of benzene rings is 2. The number of amides is 1. The predicted molar refractivity (Wildman–Crippen MR) is 103 cm³/mol. The molecular weight excluding hydrogens is 429 g/mol. The first-order valence-electron chi connectivity index (χ1n) is 7.82. The summed E-state index contributed by atoms with van der Waals surface area (Å²) in [4.78, 5) is 12.4. The number of hydrogen-bond donors (Lipinski definition) is 1. The third kappa shape index (κ3) is 5.11. The van der Waals surface area contributed by atoms with Crippen LogP contribution in [-0.2, 0) is 4.74 Å². The Balaban J connectivity index is 1.65. The van der Waals surface area contributed by atoms with Crippen molar-refractivity contribution in [1.82, 2.24) is 0 Å². The number of anilines is 1. The van der Waals surface area contributed by atoms with Gasteiger partial charge in [0.05, 0.1) is 10.6 Å². The standard InChI is InChI=1S/C18H16BrCl2NO3/c19-16-6-11(3-4-17(16)25-10-15-2-1-5-24-15)18(23)22-14-8-12(20)7-13(21)9-14/h3-4,6-9,15H,1-2,5,10H2,(H,22,23). The van der Waals surface area contributed by atoms with E-state index in [0.29, 0.717) is 38.1 Å². The van der Waals surface area contributed by atoms with Gasteiger partial charge in [-0.2, -0.15) is 0 Å². The lowest BCUT2D eigenvalue weighted by molar-refractivity contribution is 0.0677. The molecule has 1 fully saturated rings. The lowest BCUT2D eigenvalue weighted by Crippen LogP contribution is -2.16. The summed E-state index contributed by atoms with van der Waals surface area (Å²) in [5.74, 6) is 0.419. The van der Waals surface area contributed by atoms with Crippen LogP contribution in [0.4, 0.5) is 5.69 Å². The summed E-state index contributed by atoms with van der Waals surface area (Å²) >= 11 is 15.3. The molecule has 0 radical (unpaired) electrons. The van der Waals surface area contributed by atoms with Crippen LogP contribution in [0.3, 0.4) is 0 Å². The summed E-state index contributed by atoms with van der Waals surface area (Å²) in [6, 6.07) is 10.1. The van der Waals surface area contributed by atoms with E-state index in [1.54, 1.807) is 36.4 Å². The van der Waals surface area contributed by atoms with E-state index >= 15 is 0 Å². The zero-order valence-electron chi connectivity index (χ0n) is 13.2. The lowest BCUT2D eigenvalue weighted by atomic mass is 10.2. The number of nitrogens with one attached hydrogen (secondary N) is 1. The lowest BCUT2D eigenvalue weighted by Gasteiger charge is -2.13. The van der Waals surface area contributed by atoms with E-state index < -0.39 is 0 Å². The Morgan fingerprint density at radius 1 is 1.24 bits per heavy atom. The highest BCUT2D eigenvalue weighted by molar-refractivity contribution is 9.10. The molecule has 1 atom stereocenters. The SMILES string of the molecule is O=C(Nc1cc(Cl)cc(Cl)c1)c1ccc(OCC2CCCO2)c(Br)c1. The summed E-state index contributed by atoms with van der Waals surface area (Å²) in [6.07, 6.45) is 2.23. The average molecular weight is 445 g/mol. The molecule has 1 aliphatic rings. The van der Waals surface area contributed by atoms with Crippen LogP contribution in [0.5, 0.6) is 5.75 Å². The molecule has 1 saturated heterocycles. The fourth-order valence-electron chi connectivity index (χ4n) is 2.55. The van der Waals surface area contributed by atoms with Crippen LogP contribution in [0.2, 0.25) is 10.0 Å². The molecule has 1 heterocycles. The van der Waals surface area contributed by atoms with E-state index in [2.05, 4.69) is 21.2 Å². The van der Waals surface area contributed by atoms with E-state index in [4.69, 9.17) is 32.7 Å². The Morgan fingerprint density at radius 3 is 2.64 bits per heavy atom. The van der Waals surface area contributed by atoms with Crippen molar-refractivity contribution in [3.05, 3.63) is 56.5 Å².